The van der Waals surface area contributed by atoms with Gasteiger partial charge < -0.3 is 5.32 Å². The normalized spacial score (nSPS) is 10.8. The molecule has 0 aliphatic heterocycles. The number of rotatable bonds is 3. The van der Waals surface area contributed by atoms with Crippen LogP contribution in [0.4, 0.5) is 0 Å². The summed E-state index contributed by atoms with van der Waals surface area (Å²) in [6.07, 6.45) is 0.219. The van der Waals surface area contributed by atoms with E-state index < -0.39 is 0 Å². The van der Waals surface area contributed by atoms with Gasteiger partial charge in [0.25, 0.3) is 5.91 Å². The van der Waals surface area contributed by atoms with E-state index in [9.17, 15) is 9.59 Å². The maximum atomic E-state index is 12.2. The summed E-state index contributed by atoms with van der Waals surface area (Å²) < 4.78 is 0. The first kappa shape index (κ1) is 20.6. The average molecular weight is 384 g/mol. The molecule has 2 aromatic carbocycles. The molecular formula is C21H25N3O2S. The van der Waals surface area contributed by atoms with Crippen molar-refractivity contribution in [1.82, 2.24) is 16.2 Å². The van der Waals surface area contributed by atoms with Gasteiger partial charge in [0.1, 0.15) is 0 Å². The quantitative estimate of drug-likeness (QED) is 0.562. The first-order chi connectivity index (χ1) is 12.7. The summed E-state index contributed by atoms with van der Waals surface area (Å²) in [5, 5.41) is 2.61. The van der Waals surface area contributed by atoms with E-state index in [1.165, 1.54) is 0 Å². The zero-order valence-electron chi connectivity index (χ0n) is 16.1. The van der Waals surface area contributed by atoms with Crippen LogP contribution in [0, 0.1) is 6.92 Å². The second kappa shape index (κ2) is 8.77. The molecule has 0 atom stereocenters. The highest BCUT2D eigenvalue weighted by atomic mass is 32.1. The molecule has 0 aliphatic rings. The molecule has 0 heterocycles. The minimum atomic E-state index is -0.328. The summed E-state index contributed by atoms with van der Waals surface area (Å²) in [5.74, 6) is -0.573. The van der Waals surface area contributed by atoms with E-state index >= 15 is 0 Å². The molecule has 0 aliphatic carbocycles. The minimum absolute atomic E-state index is 0.0240. The van der Waals surface area contributed by atoms with Crippen LogP contribution in [0.15, 0.2) is 48.5 Å². The lowest BCUT2D eigenvalue weighted by molar-refractivity contribution is -0.119. The van der Waals surface area contributed by atoms with Crippen molar-refractivity contribution >= 4 is 29.1 Å². The van der Waals surface area contributed by atoms with Crippen LogP contribution in [0.5, 0.6) is 0 Å². The number of hydrazine groups is 1. The van der Waals surface area contributed by atoms with E-state index in [1.54, 1.807) is 12.1 Å². The zero-order chi connectivity index (χ0) is 20.0. The summed E-state index contributed by atoms with van der Waals surface area (Å²) in [6, 6.07) is 15.0. The predicted octanol–water partition coefficient (Wildman–Crippen LogP) is 3.17. The van der Waals surface area contributed by atoms with Crippen LogP contribution < -0.4 is 16.2 Å². The third kappa shape index (κ3) is 6.18. The molecule has 5 nitrogen and oxygen atoms in total. The lowest BCUT2D eigenvalue weighted by Crippen LogP contribution is -2.48. The van der Waals surface area contributed by atoms with E-state index in [2.05, 4.69) is 36.9 Å². The first-order valence-corrected chi connectivity index (χ1v) is 9.13. The van der Waals surface area contributed by atoms with Crippen molar-refractivity contribution in [2.24, 2.45) is 0 Å². The van der Waals surface area contributed by atoms with Crippen LogP contribution in [0.1, 0.15) is 47.8 Å². The maximum absolute atomic E-state index is 12.2. The van der Waals surface area contributed by atoms with Crippen LogP contribution in [-0.4, -0.2) is 16.9 Å². The van der Waals surface area contributed by atoms with Gasteiger partial charge in [0, 0.05) is 5.56 Å². The van der Waals surface area contributed by atoms with Crippen LogP contribution in [0.25, 0.3) is 0 Å². The Kier molecular flexibility index (Phi) is 6.69. The van der Waals surface area contributed by atoms with Gasteiger partial charge in [0.2, 0.25) is 5.91 Å². The van der Waals surface area contributed by atoms with E-state index in [-0.39, 0.29) is 28.8 Å². The molecule has 0 aromatic heterocycles. The molecule has 0 unspecified atom stereocenters. The van der Waals surface area contributed by atoms with Crippen molar-refractivity contribution in [3.63, 3.8) is 0 Å². The number of nitrogens with one attached hydrogen (secondary N) is 3. The van der Waals surface area contributed by atoms with Crippen LogP contribution in [-0.2, 0) is 16.6 Å². The molecule has 0 radical (unpaired) electrons. The molecule has 2 aromatic rings. The predicted molar refractivity (Wildman–Crippen MR) is 111 cm³/mol. The summed E-state index contributed by atoms with van der Waals surface area (Å²) in [5.41, 5.74) is 8.69. The average Bonchev–Trinajstić information content (AvgIpc) is 2.61. The van der Waals surface area contributed by atoms with E-state index in [4.69, 9.17) is 12.2 Å². The number of thiocarbonyl (C=S) groups is 1. The third-order valence-electron chi connectivity index (χ3n) is 4.17. The smallest absolute Gasteiger partial charge is 0.269 e. The molecule has 0 saturated heterocycles. The molecular weight excluding hydrogens is 358 g/mol. The Balaban J connectivity index is 1.83. The fraction of sp³-hybridized carbons (Fsp3) is 0.286. The maximum Gasteiger partial charge on any atom is 0.269 e. The van der Waals surface area contributed by atoms with Crippen LogP contribution in [0.3, 0.4) is 0 Å². The first-order valence-electron chi connectivity index (χ1n) is 8.72. The largest absolute Gasteiger partial charge is 0.302 e. The highest BCUT2D eigenvalue weighted by Gasteiger charge is 2.14. The Hall–Kier alpha value is -2.73. The standard InChI is InChI=1S/C21H25N3O2S/c1-14-7-5-6-8-16(14)13-18(25)22-20(27)24-23-19(26)15-9-11-17(12-10-15)21(2,3)4/h5-12H,13H2,1-4H3,(H,23,26)(H2,22,24,25,27). The molecule has 0 bridgehead atoms. The molecule has 0 spiro atoms. The molecule has 2 amide bonds. The lowest BCUT2D eigenvalue weighted by Gasteiger charge is -2.19. The van der Waals surface area contributed by atoms with Gasteiger partial charge in [-0.15, -0.1) is 0 Å². The SMILES string of the molecule is Cc1ccccc1CC(=O)NC(=S)NNC(=O)c1ccc(C(C)(C)C)cc1. The van der Waals surface area contributed by atoms with Crippen molar-refractivity contribution in [3.05, 3.63) is 70.8 Å². The van der Waals surface area contributed by atoms with Crippen molar-refractivity contribution in [2.45, 2.75) is 39.5 Å². The van der Waals surface area contributed by atoms with E-state index in [0.29, 0.717) is 5.56 Å². The fourth-order valence-electron chi connectivity index (χ4n) is 2.49. The van der Waals surface area contributed by atoms with Gasteiger partial charge in [-0.25, -0.2) is 0 Å². The summed E-state index contributed by atoms with van der Waals surface area (Å²) in [6.45, 7) is 8.29. The second-order valence-electron chi connectivity index (χ2n) is 7.39. The molecule has 2 rings (SSSR count). The minimum Gasteiger partial charge on any atom is -0.302 e. The Morgan fingerprint density at radius 1 is 0.963 bits per heavy atom. The number of aryl methyl sites for hydroxylation is 1. The van der Waals surface area contributed by atoms with Crippen LogP contribution >= 0.6 is 12.2 Å². The van der Waals surface area contributed by atoms with Gasteiger partial charge >= 0.3 is 0 Å². The number of benzene rings is 2. The van der Waals surface area contributed by atoms with Gasteiger partial charge in [0.05, 0.1) is 6.42 Å². The Morgan fingerprint density at radius 2 is 1.59 bits per heavy atom. The van der Waals surface area contributed by atoms with E-state index in [1.807, 2.05) is 43.3 Å². The Labute approximate surface area is 165 Å². The second-order valence-corrected chi connectivity index (χ2v) is 7.80. The molecule has 0 saturated carbocycles. The van der Waals surface area contributed by atoms with Gasteiger partial charge in [-0.1, -0.05) is 57.2 Å². The third-order valence-corrected chi connectivity index (χ3v) is 4.37. The summed E-state index contributed by atoms with van der Waals surface area (Å²) in [7, 11) is 0. The highest BCUT2D eigenvalue weighted by Crippen LogP contribution is 2.22. The topological polar surface area (TPSA) is 70.2 Å². The monoisotopic (exact) mass is 383 g/mol. The van der Waals surface area contributed by atoms with Crippen molar-refractivity contribution in [1.29, 1.82) is 0 Å². The highest BCUT2D eigenvalue weighted by molar-refractivity contribution is 7.80. The zero-order valence-corrected chi connectivity index (χ0v) is 16.9. The Bertz CT molecular complexity index is 839. The van der Waals surface area contributed by atoms with Crippen molar-refractivity contribution in [2.75, 3.05) is 0 Å². The van der Waals surface area contributed by atoms with E-state index in [0.717, 1.165) is 16.7 Å². The summed E-state index contributed by atoms with van der Waals surface area (Å²) in [4.78, 5) is 24.3. The molecule has 0 fully saturated rings. The number of amides is 2. The number of hydrogen-bond acceptors (Lipinski definition) is 3. The van der Waals surface area contributed by atoms with Crippen molar-refractivity contribution in [3.8, 4) is 0 Å². The molecule has 142 valence electrons. The van der Waals surface area contributed by atoms with Gasteiger partial charge in [-0.3, -0.25) is 20.4 Å². The van der Waals surface area contributed by atoms with Gasteiger partial charge in [0.15, 0.2) is 5.11 Å². The number of carbonyl (C=O) groups is 2. The number of hydrogen-bond donors (Lipinski definition) is 3. The summed E-state index contributed by atoms with van der Waals surface area (Å²) >= 11 is 5.06. The number of carbonyl (C=O) groups excluding carboxylic acids is 2. The molecule has 27 heavy (non-hydrogen) atoms. The van der Waals surface area contributed by atoms with Gasteiger partial charge in [-0.2, -0.15) is 0 Å². The molecule has 6 heteroatoms. The molecule has 3 N–H and O–H groups in total. The van der Waals surface area contributed by atoms with Crippen LogP contribution in [0.2, 0.25) is 0 Å². The van der Waals surface area contributed by atoms with Crippen molar-refractivity contribution < 1.29 is 9.59 Å². The fourth-order valence-corrected chi connectivity index (χ4v) is 2.66. The van der Waals surface area contributed by atoms with Gasteiger partial charge in [-0.05, 0) is 53.4 Å². The Morgan fingerprint density at radius 3 is 2.19 bits per heavy atom. The lowest BCUT2D eigenvalue weighted by atomic mass is 9.87.